The molecule has 0 unspecified atom stereocenters. The Morgan fingerprint density at radius 3 is 1.78 bits per heavy atom. The minimum Gasteiger partial charge on any atom is -0.377 e. The minimum absolute atomic E-state index is 0.930. The first kappa shape index (κ1) is 20.8. The van der Waals surface area contributed by atoms with E-state index in [9.17, 15) is 0 Å². The van der Waals surface area contributed by atoms with Gasteiger partial charge in [-0.1, -0.05) is 44.9 Å². The molecule has 1 aromatic rings. The maximum atomic E-state index is 5.44. The van der Waals surface area contributed by atoms with Gasteiger partial charge in [0.25, 0.3) is 0 Å². The largest absolute Gasteiger partial charge is 0.500 e. The third kappa shape index (κ3) is 9.01. The molecule has 0 fully saturated rings. The van der Waals surface area contributed by atoms with E-state index in [4.69, 9.17) is 13.3 Å². The van der Waals surface area contributed by atoms with Crippen LogP contribution in [0.3, 0.4) is 0 Å². The molecule has 1 heterocycles. The lowest BCUT2D eigenvalue weighted by Gasteiger charge is -2.24. The van der Waals surface area contributed by atoms with E-state index in [0.717, 1.165) is 12.5 Å². The molecular formula is C18H34O3SSi. The number of hydrogen-bond acceptors (Lipinski definition) is 4. The summed E-state index contributed by atoms with van der Waals surface area (Å²) < 4.78 is 16.3. The highest BCUT2D eigenvalue weighted by Gasteiger charge is 2.36. The highest BCUT2D eigenvalue weighted by Crippen LogP contribution is 2.18. The Hall–Kier alpha value is -0.203. The van der Waals surface area contributed by atoms with Crippen molar-refractivity contribution in [2.24, 2.45) is 0 Å². The van der Waals surface area contributed by atoms with Gasteiger partial charge in [0, 0.05) is 27.4 Å². The van der Waals surface area contributed by atoms with Gasteiger partial charge >= 0.3 is 8.80 Å². The summed E-state index contributed by atoms with van der Waals surface area (Å²) in [5, 5.41) is 4.45. The van der Waals surface area contributed by atoms with Gasteiger partial charge < -0.3 is 13.3 Å². The fourth-order valence-corrected chi connectivity index (χ4v) is 5.40. The average molecular weight is 359 g/mol. The summed E-state index contributed by atoms with van der Waals surface area (Å²) in [5.74, 6) is 0. The van der Waals surface area contributed by atoms with Gasteiger partial charge in [-0.25, -0.2) is 0 Å². The molecule has 0 aliphatic rings. The van der Waals surface area contributed by atoms with Crippen molar-refractivity contribution in [3.8, 4) is 0 Å². The van der Waals surface area contributed by atoms with E-state index in [1.165, 1.54) is 63.4 Å². The Morgan fingerprint density at radius 1 is 0.783 bits per heavy atom. The van der Waals surface area contributed by atoms with Crippen LogP contribution < -0.4 is 0 Å². The molecule has 1 rings (SSSR count). The van der Waals surface area contributed by atoms with Crippen LogP contribution in [0.15, 0.2) is 16.8 Å². The lowest BCUT2D eigenvalue weighted by molar-refractivity contribution is 0.122. The van der Waals surface area contributed by atoms with Crippen molar-refractivity contribution >= 4 is 20.1 Å². The van der Waals surface area contributed by atoms with Gasteiger partial charge in [0.05, 0.1) is 0 Å². The Balaban J connectivity index is 1.86. The predicted octanol–water partition coefficient (Wildman–Crippen LogP) is 5.68. The van der Waals surface area contributed by atoms with Gasteiger partial charge in [-0.15, -0.1) is 0 Å². The van der Waals surface area contributed by atoms with Crippen LogP contribution in [0, 0.1) is 0 Å². The summed E-state index contributed by atoms with van der Waals surface area (Å²) in [6, 6.07) is 3.18. The number of rotatable bonds is 15. The van der Waals surface area contributed by atoms with Gasteiger partial charge in [-0.05, 0) is 41.7 Å². The molecule has 0 aromatic carbocycles. The molecule has 0 saturated carbocycles. The van der Waals surface area contributed by atoms with Crippen LogP contribution in [0.1, 0.15) is 63.4 Å². The summed E-state index contributed by atoms with van der Waals surface area (Å²) in [6.07, 6.45) is 13.2. The SMILES string of the molecule is CO[Si](CCCCCCCCCCCc1ccsc1)(OC)OC. The topological polar surface area (TPSA) is 27.7 Å². The monoisotopic (exact) mass is 358 g/mol. The highest BCUT2D eigenvalue weighted by atomic mass is 32.1. The first-order chi connectivity index (χ1) is 11.3. The van der Waals surface area contributed by atoms with Crippen molar-refractivity contribution < 1.29 is 13.3 Å². The second-order valence-electron chi connectivity index (χ2n) is 6.11. The highest BCUT2D eigenvalue weighted by molar-refractivity contribution is 7.07. The summed E-state index contributed by atoms with van der Waals surface area (Å²) in [4.78, 5) is 0. The summed E-state index contributed by atoms with van der Waals surface area (Å²) >= 11 is 1.81. The molecule has 1 aromatic heterocycles. The molecule has 0 saturated heterocycles. The van der Waals surface area contributed by atoms with E-state index in [0.29, 0.717) is 0 Å². The molecule has 0 amide bonds. The van der Waals surface area contributed by atoms with Crippen LogP contribution in [-0.4, -0.2) is 30.1 Å². The van der Waals surface area contributed by atoms with E-state index in [1.54, 1.807) is 32.7 Å². The number of unbranched alkanes of at least 4 members (excludes halogenated alkanes) is 8. The zero-order valence-electron chi connectivity index (χ0n) is 15.1. The lowest BCUT2D eigenvalue weighted by Crippen LogP contribution is -2.42. The van der Waals surface area contributed by atoms with E-state index >= 15 is 0 Å². The van der Waals surface area contributed by atoms with Crippen LogP contribution in [0.4, 0.5) is 0 Å². The van der Waals surface area contributed by atoms with E-state index in [2.05, 4.69) is 16.8 Å². The number of thiophene rings is 1. The Labute approximate surface area is 147 Å². The molecule has 0 aliphatic heterocycles. The van der Waals surface area contributed by atoms with Crippen LogP contribution >= 0.6 is 11.3 Å². The third-order valence-electron chi connectivity index (χ3n) is 4.46. The van der Waals surface area contributed by atoms with Crippen molar-refractivity contribution in [2.45, 2.75) is 70.3 Å². The quantitative estimate of drug-likeness (QED) is 0.298. The van der Waals surface area contributed by atoms with Gasteiger partial charge in [0.1, 0.15) is 0 Å². The van der Waals surface area contributed by atoms with Crippen molar-refractivity contribution in [1.82, 2.24) is 0 Å². The fraction of sp³-hybridized carbons (Fsp3) is 0.778. The van der Waals surface area contributed by atoms with E-state index < -0.39 is 8.80 Å². The Kier molecular flexibility index (Phi) is 11.9. The van der Waals surface area contributed by atoms with Crippen molar-refractivity contribution in [2.75, 3.05) is 21.3 Å². The van der Waals surface area contributed by atoms with Gasteiger partial charge in [-0.2, -0.15) is 11.3 Å². The standard InChI is InChI=1S/C18H34O3SSi/c1-19-23(20-2,21-3)16-12-10-8-6-4-5-7-9-11-13-18-14-15-22-17-18/h14-15,17H,4-13,16H2,1-3H3. The predicted molar refractivity (Wildman–Crippen MR) is 101 cm³/mol. The number of hydrogen-bond donors (Lipinski definition) is 0. The molecule has 0 N–H and O–H groups in total. The average Bonchev–Trinajstić information content (AvgIpc) is 3.10. The van der Waals surface area contributed by atoms with Crippen LogP contribution in [0.5, 0.6) is 0 Å². The second-order valence-corrected chi connectivity index (χ2v) is 9.98. The molecule has 0 aliphatic carbocycles. The van der Waals surface area contributed by atoms with Crippen molar-refractivity contribution in [3.05, 3.63) is 22.4 Å². The van der Waals surface area contributed by atoms with Crippen LogP contribution in [0.2, 0.25) is 6.04 Å². The summed E-state index contributed by atoms with van der Waals surface area (Å²) in [6.45, 7) is 0. The molecule has 0 spiro atoms. The molecule has 0 atom stereocenters. The van der Waals surface area contributed by atoms with Gasteiger partial charge in [-0.3, -0.25) is 0 Å². The third-order valence-corrected chi connectivity index (χ3v) is 8.03. The van der Waals surface area contributed by atoms with Crippen LogP contribution in [0.25, 0.3) is 0 Å². The first-order valence-corrected chi connectivity index (χ1v) is 11.8. The molecule has 134 valence electrons. The Morgan fingerprint density at radius 2 is 1.30 bits per heavy atom. The molecule has 5 heteroatoms. The molecule has 0 bridgehead atoms. The lowest BCUT2D eigenvalue weighted by atomic mass is 10.1. The van der Waals surface area contributed by atoms with E-state index in [-0.39, 0.29) is 0 Å². The summed E-state index contributed by atoms with van der Waals surface area (Å²) in [7, 11) is 2.75. The van der Waals surface area contributed by atoms with Gasteiger partial charge in [0.15, 0.2) is 0 Å². The summed E-state index contributed by atoms with van der Waals surface area (Å²) in [5.41, 5.74) is 1.51. The zero-order chi connectivity index (χ0) is 16.8. The maximum absolute atomic E-state index is 5.44. The number of aryl methyl sites for hydroxylation is 1. The van der Waals surface area contributed by atoms with Crippen molar-refractivity contribution in [3.63, 3.8) is 0 Å². The normalized spacial score (nSPS) is 12.0. The van der Waals surface area contributed by atoms with Crippen molar-refractivity contribution in [1.29, 1.82) is 0 Å². The first-order valence-electron chi connectivity index (χ1n) is 8.93. The van der Waals surface area contributed by atoms with Gasteiger partial charge in [0.2, 0.25) is 0 Å². The fourth-order valence-electron chi connectivity index (χ4n) is 2.90. The van der Waals surface area contributed by atoms with Crippen LogP contribution in [-0.2, 0) is 19.7 Å². The smallest absolute Gasteiger partial charge is 0.377 e. The second kappa shape index (κ2) is 13.1. The zero-order valence-corrected chi connectivity index (χ0v) is 17.0. The minimum atomic E-state index is -2.33. The molecule has 3 nitrogen and oxygen atoms in total. The Bertz CT molecular complexity index is 358. The molecular weight excluding hydrogens is 324 g/mol. The molecule has 0 radical (unpaired) electrons. The molecule has 23 heavy (non-hydrogen) atoms. The maximum Gasteiger partial charge on any atom is 0.500 e. The van der Waals surface area contributed by atoms with E-state index in [1.807, 2.05) is 0 Å².